The van der Waals surface area contributed by atoms with Crippen LogP contribution in [0, 0.1) is 11.7 Å². The molecule has 4 aromatic rings. The zero-order valence-electron chi connectivity index (χ0n) is 23.2. The van der Waals surface area contributed by atoms with Crippen LogP contribution >= 0.6 is 0 Å². The summed E-state index contributed by atoms with van der Waals surface area (Å²) in [5, 5.41) is 10.7. The van der Waals surface area contributed by atoms with Gasteiger partial charge in [0.15, 0.2) is 0 Å². The number of carboxylic acids is 1. The first-order valence-electron chi connectivity index (χ1n) is 14.3. The Morgan fingerprint density at radius 3 is 2.35 bits per heavy atom. The van der Waals surface area contributed by atoms with Gasteiger partial charge >= 0.3 is 5.97 Å². The number of hydrogen-bond acceptors (Lipinski definition) is 2. The Hall–Kier alpha value is -3.93. The van der Waals surface area contributed by atoms with E-state index in [2.05, 4.69) is 24.3 Å². The van der Waals surface area contributed by atoms with Crippen molar-refractivity contribution in [3.05, 3.63) is 107 Å². The van der Waals surface area contributed by atoms with Crippen molar-refractivity contribution in [2.45, 2.75) is 64.5 Å². The normalized spacial score (nSPS) is 16.3. The quantitative estimate of drug-likeness (QED) is 0.246. The summed E-state index contributed by atoms with van der Waals surface area (Å²) in [5.74, 6) is -1.29. The molecule has 0 aliphatic heterocycles. The Morgan fingerprint density at radius 2 is 1.70 bits per heavy atom. The second kappa shape index (κ2) is 12.1. The van der Waals surface area contributed by atoms with Crippen LogP contribution < -0.4 is 0 Å². The number of aliphatic carboxylic acids is 1. The molecule has 5 nitrogen and oxygen atoms in total. The van der Waals surface area contributed by atoms with Crippen LogP contribution in [0.1, 0.15) is 55.1 Å². The fourth-order valence-electron chi connectivity index (χ4n) is 6.34. The molecule has 1 aliphatic rings. The summed E-state index contributed by atoms with van der Waals surface area (Å²) in [7, 11) is 0. The van der Waals surface area contributed by atoms with Crippen LogP contribution in [0.15, 0.2) is 78.9 Å². The van der Waals surface area contributed by atoms with Gasteiger partial charge in [0, 0.05) is 35.1 Å². The Morgan fingerprint density at radius 1 is 1.02 bits per heavy atom. The summed E-state index contributed by atoms with van der Waals surface area (Å²) in [4.78, 5) is 28.3. The number of carboxylic acid groups (broad SMARTS) is 1. The minimum absolute atomic E-state index is 0.0471. The smallest absolute Gasteiger partial charge is 0.326 e. The summed E-state index contributed by atoms with van der Waals surface area (Å²) < 4.78 is 16.4. The topological polar surface area (TPSA) is 62.5 Å². The van der Waals surface area contributed by atoms with Crippen LogP contribution in [0.4, 0.5) is 4.39 Å². The van der Waals surface area contributed by atoms with Gasteiger partial charge in [-0.15, -0.1) is 0 Å². The van der Waals surface area contributed by atoms with Crippen molar-refractivity contribution in [3.8, 4) is 0 Å². The van der Waals surface area contributed by atoms with E-state index in [-0.39, 0.29) is 23.7 Å². The van der Waals surface area contributed by atoms with Crippen LogP contribution in [0.25, 0.3) is 10.9 Å². The molecule has 40 heavy (non-hydrogen) atoms. The number of nitrogens with zero attached hydrogens (tertiary/aromatic N) is 2. The highest BCUT2D eigenvalue weighted by molar-refractivity contribution is 5.88. The molecule has 0 fully saturated rings. The Balaban J connectivity index is 1.49. The molecule has 3 atom stereocenters. The lowest BCUT2D eigenvalue weighted by Gasteiger charge is -2.37. The molecular weight excluding hydrogens is 503 g/mol. The van der Waals surface area contributed by atoms with E-state index in [0.717, 1.165) is 40.6 Å². The molecule has 6 heteroatoms. The first kappa shape index (κ1) is 27.6. The van der Waals surface area contributed by atoms with E-state index in [1.807, 2.05) is 59.7 Å². The molecule has 0 saturated carbocycles. The number of halogens is 1. The average molecular weight is 541 g/mol. The van der Waals surface area contributed by atoms with Crippen molar-refractivity contribution in [2.24, 2.45) is 5.92 Å². The highest BCUT2D eigenvalue weighted by atomic mass is 19.1. The lowest BCUT2D eigenvalue weighted by molar-refractivity contribution is -0.141. The number of amides is 1. The van der Waals surface area contributed by atoms with Gasteiger partial charge in [-0.2, -0.15) is 0 Å². The van der Waals surface area contributed by atoms with Crippen molar-refractivity contribution >= 4 is 22.8 Å². The molecule has 1 unspecified atom stereocenters. The van der Waals surface area contributed by atoms with Gasteiger partial charge in [-0.1, -0.05) is 74.5 Å². The van der Waals surface area contributed by atoms with Crippen molar-refractivity contribution < 1.29 is 19.1 Å². The second-order valence-corrected chi connectivity index (χ2v) is 11.0. The third kappa shape index (κ3) is 5.67. The summed E-state index contributed by atoms with van der Waals surface area (Å²) in [6.07, 6.45) is 3.81. The lowest BCUT2D eigenvalue weighted by Crippen LogP contribution is -2.47. The number of carbonyl (C=O) groups excluding carboxylic acids is 1. The maximum absolute atomic E-state index is 14.5. The zero-order chi connectivity index (χ0) is 28.2. The minimum Gasteiger partial charge on any atom is -0.480 e. The molecule has 0 saturated heterocycles. The summed E-state index contributed by atoms with van der Waals surface area (Å²) in [6.45, 7) is 4.46. The molecule has 5 rings (SSSR count). The van der Waals surface area contributed by atoms with Crippen molar-refractivity contribution in [1.82, 2.24) is 9.47 Å². The Kier molecular flexibility index (Phi) is 8.34. The fourth-order valence-corrected chi connectivity index (χ4v) is 6.34. The van der Waals surface area contributed by atoms with Gasteiger partial charge in [0.1, 0.15) is 11.9 Å². The largest absolute Gasteiger partial charge is 0.480 e. The number of benzene rings is 3. The Bertz CT molecular complexity index is 1480. The van der Waals surface area contributed by atoms with Gasteiger partial charge in [-0.05, 0) is 73.4 Å². The van der Waals surface area contributed by atoms with Crippen molar-refractivity contribution in [2.75, 3.05) is 6.54 Å². The van der Waals surface area contributed by atoms with Gasteiger partial charge in [0.2, 0.25) is 5.91 Å². The second-order valence-electron chi connectivity index (χ2n) is 11.0. The highest BCUT2D eigenvalue weighted by Gasteiger charge is 2.35. The van der Waals surface area contributed by atoms with E-state index in [1.165, 1.54) is 17.7 Å². The minimum atomic E-state index is -0.886. The Labute approximate surface area is 235 Å². The third-order valence-corrected chi connectivity index (χ3v) is 8.33. The number of hydrogen-bond donors (Lipinski definition) is 1. The van der Waals surface area contributed by atoms with Crippen LogP contribution in [0.2, 0.25) is 0 Å². The van der Waals surface area contributed by atoms with Gasteiger partial charge in [-0.3, -0.25) is 4.79 Å². The summed E-state index contributed by atoms with van der Waals surface area (Å²) >= 11 is 0. The predicted octanol–water partition coefficient (Wildman–Crippen LogP) is 6.62. The van der Waals surface area contributed by atoms with Crippen LogP contribution in [0.3, 0.4) is 0 Å². The first-order chi connectivity index (χ1) is 19.4. The van der Waals surface area contributed by atoms with Gasteiger partial charge in [-0.25, -0.2) is 9.18 Å². The van der Waals surface area contributed by atoms with Crippen molar-refractivity contribution in [1.29, 1.82) is 0 Å². The van der Waals surface area contributed by atoms with E-state index in [0.29, 0.717) is 32.2 Å². The maximum Gasteiger partial charge on any atom is 0.326 e. The highest BCUT2D eigenvalue weighted by Crippen LogP contribution is 2.37. The number of fused-ring (bicyclic) bond motifs is 3. The molecule has 208 valence electrons. The van der Waals surface area contributed by atoms with Crippen molar-refractivity contribution in [3.63, 3.8) is 0 Å². The third-order valence-electron chi connectivity index (χ3n) is 8.33. The average Bonchev–Trinajstić information content (AvgIpc) is 3.27. The molecule has 0 spiro atoms. The zero-order valence-corrected chi connectivity index (χ0v) is 23.2. The predicted molar refractivity (Wildman–Crippen MR) is 156 cm³/mol. The summed E-state index contributed by atoms with van der Waals surface area (Å²) in [6, 6.07) is 24.1. The molecule has 1 heterocycles. The SMILES string of the molecule is CCC(C(=O)O)n1c2c(c3cc(F)ccc31)C[C@@H](N(CCc1ccccc1)C(=O)[C@@H](C)Cc1ccccc1)CC2. The molecule has 1 aliphatic carbocycles. The molecular formula is C34H37FN2O3. The molecule has 0 bridgehead atoms. The van der Waals surface area contributed by atoms with E-state index in [4.69, 9.17) is 0 Å². The van der Waals surface area contributed by atoms with Crippen LogP contribution in [-0.4, -0.2) is 39.0 Å². The first-order valence-corrected chi connectivity index (χ1v) is 14.3. The molecule has 1 aromatic heterocycles. The van der Waals surface area contributed by atoms with E-state index < -0.39 is 12.0 Å². The molecule has 0 radical (unpaired) electrons. The molecule has 3 aromatic carbocycles. The van der Waals surface area contributed by atoms with Gasteiger partial charge in [0.05, 0.1) is 0 Å². The number of rotatable bonds is 10. The fraction of sp³-hybridized carbons (Fsp3) is 0.353. The number of aromatic nitrogens is 1. The number of carbonyl (C=O) groups is 2. The van der Waals surface area contributed by atoms with Crippen LogP contribution in [-0.2, 0) is 35.3 Å². The lowest BCUT2D eigenvalue weighted by atomic mass is 9.88. The summed E-state index contributed by atoms with van der Waals surface area (Å²) in [5.41, 5.74) is 4.99. The maximum atomic E-state index is 14.5. The van der Waals surface area contributed by atoms with Gasteiger partial charge in [0.25, 0.3) is 0 Å². The van der Waals surface area contributed by atoms with Gasteiger partial charge < -0.3 is 14.6 Å². The van der Waals surface area contributed by atoms with Crippen LogP contribution in [0.5, 0.6) is 0 Å². The molecule has 1 amide bonds. The van der Waals surface area contributed by atoms with E-state index in [9.17, 15) is 19.1 Å². The molecule has 1 N–H and O–H groups in total. The monoisotopic (exact) mass is 540 g/mol. The standard InChI is InChI=1S/C34H37FN2O3/c1-3-30(34(39)40)37-31-16-14-26(35)21-28(31)29-22-27(15-17-32(29)37)36(19-18-24-10-6-4-7-11-24)33(38)23(2)20-25-12-8-5-9-13-25/h4-14,16,21,23,27,30H,3,15,17-20,22H2,1-2H3,(H,39,40)/t23-,27-,30?/m0/s1. The van der Waals surface area contributed by atoms with E-state index >= 15 is 0 Å². The van der Waals surface area contributed by atoms with E-state index in [1.54, 1.807) is 6.07 Å².